The van der Waals surface area contributed by atoms with Gasteiger partial charge in [0.2, 0.25) is 11.8 Å². The molecular formula is C24H25FN2O2. The number of piperidine rings is 1. The molecule has 2 fully saturated rings. The summed E-state index contributed by atoms with van der Waals surface area (Å²) in [4.78, 5) is 27.2. The molecule has 2 aromatic rings. The molecular weight excluding hydrogens is 367 g/mol. The average Bonchev–Trinajstić information content (AvgIpc) is 3.52. The van der Waals surface area contributed by atoms with Crippen LogP contribution < -0.4 is 5.32 Å². The van der Waals surface area contributed by atoms with Crippen molar-refractivity contribution in [3.63, 3.8) is 0 Å². The van der Waals surface area contributed by atoms with Crippen LogP contribution >= 0.6 is 0 Å². The number of nitrogens with zero attached hydrogens (tertiary/aromatic N) is 1. The van der Waals surface area contributed by atoms with E-state index in [9.17, 15) is 14.0 Å². The van der Waals surface area contributed by atoms with Crippen molar-refractivity contribution in [2.45, 2.75) is 36.6 Å². The van der Waals surface area contributed by atoms with Crippen LogP contribution in [0, 0.1) is 5.82 Å². The Morgan fingerprint density at radius 2 is 1.72 bits per heavy atom. The van der Waals surface area contributed by atoms with Crippen molar-refractivity contribution in [2.24, 2.45) is 0 Å². The quantitative estimate of drug-likeness (QED) is 0.792. The van der Waals surface area contributed by atoms with E-state index in [-0.39, 0.29) is 29.6 Å². The summed E-state index contributed by atoms with van der Waals surface area (Å²) in [5.74, 6) is -0.328. The van der Waals surface area contributed by atoms with Crippen molar-refractivity contribution in [3.8, 4) is 0 Å². The number of likely N-dealkylation sites (tertiary alicyclic amines) is 1. The Bertz CT molecular complexity index is 919. The molecule has 4 rings (SSSR count). The summed E-state index contributed by atoms with van der Waals surface area (Å²) in [6, 6.07) is 16.5. The molecule has 5 heteroatoms. The Kier molecular flexibility index (Phi) is 5.22. The van der Waals surface area contributed by atoms with Gasteiger partial charge in [-0.25, -0.2) is 4.39 Å². The summed E-state index contributed by atoms with van der Waals surface area (Å²) in [7, 11) is 0. The molecule has 1 aliphatic heterocycles. The normalized spacial score (nSPS) is 22.6. The number of halogens is 1. The summed E-state index contributed by atoms with van der Waals surface area (Å²) in [6.07, 6.45) is 3.18. The maximum absolute atomic E-state index is 14.1. The van der Waals surface area contributed by atoms with Crippen LogP contribution in [-0.4, -0.2) is 35.8 Å². The second-order valence-corrected chi connectivity index (χ2v) is 7.92. The summed E-state index contributed by atoms with van der Waals surface area (Å²) < 4.78 is 14.1. The monoisotopic (exact) mass is 392 g/mol. The molecule has 0 aromatic heterocycles. The van der Waals surface area contributed by atoms with E-state index in [4.69, 9.17) is 0 Å². The van der Waals surface area contributed by atoms with Gasteiger partial charge in [-0.1, -0.05) is 55.1 Å². The van der Waals surface area contributed by atoms with E-state index in [1.54, 1.807) is 17.0 Å². The third kappa shape index (κ3) is 3.69. The number of hydrogen-bond acceptors (Lipinski definition) is 2. The predicted octanol–water partition coefficient (Wildman–Crippen LogP) is 3.54. The van der Waals surface area contributed by atoms with Gasteiger partial charge in [0.25, 0.3) is 0 Å². The van der Waals surface area contributed by atoms with Crippen molar-refractivity contribution in [2.75, 3.05) is 13.1 Å². The number of nitrogens with one attached hydrogen (secondary N) is 1. The predicted molar refractivity (Wildman–Crippen MR) is 110 cm³/mol. The Hall–Kier alpha value is -2.95. The van der Waals surface area contributed by atoms with E-state index >= 15 is 0 Å². The minimum Gasteiger partial charge on any atom is -0.352 e. The van der Waals surface area contributed by atoms with Crippen molar-refractivity contribution in [1.29, 1.82) is 0 Å². The molecule has 1 saturated carbocycles. The highest BCUT2D eigenvalue weighted by atomic mass is 19.1. The van der Waals surface area contributed by atoms with E-state index in [1.807, 2.05) is 36.4 Å². The van der Waals surface area contributed by atoms with Crippen molar-refractivity contribution in [1.82, 2.24) is 10.2 Å². The highest BCUT2D eigenvalue weighted by Gasteiger charge is 2.48. The number of amides is 2. The van der Waals surface area contributed by atoms with E-state index in [0.29, 0.717) is 31.5 Å². The zero-order valence-corrected chi connectivity index (χ0v) is 16.3. The van der Waals surface area contributed by atoms with Crippen LogP contribution in [-0.2, 0) is 15.0 Å². The van der Waals surface area contributed by atoms with Gasteiger partial charge in [-0.15, -0.1) is 0 Å². The lowest BCUT2D eigenvalue weighted by Crippen LogP contribution is -2.53. The van der Waals surface area contributed by atoms with Gasteiger partial charge >= 0.3 is 0 Å². The summed E-state index contributed by atoms with van der Waals surface area (Å²) in [5, 5.41) is 3.17. The smallest absolute Gasteiger partial charge is 0.245 e. The first-order valence-electron chi connectivity index (χ1n) is 10.1. The van der Waals surface area contributed by atoms with Gasteiger partial charge in [-0.2, -0.15) is 0 Å². The zero-order valence-electron chi connectivity index (χ0n) is 16.3. The van der Waals surface area contributed by atoms with Gasteiger partial charge in [0.05, 0.1) is 5.41 Å². The number of rotatable bonds is 5. The molecule has 4 nitrogen and oxygen atoms in total. The first-order chi connectivity index (χ1) is 14.0. The molecule has 1 N–H and O–H groups in total. The van der Waals surface area contributed by atoms with Gasteiger partial charge in [0, 0.05) is 25.0 Å². The lowest BCUT2D eigenvalue weighted by Gasteiger charge is -2.41. The zero-order chi connectivity index (χ0) is 20.4. The molecule has 0 bridgehead atoms. The van der Waals surface area contributed by atoms with Crippen LogP contribution in [0.5, 0.6) is 0 Å². The van der Waals surface area contributed by atoms with Crippen LogP contribution in [0.4, 0.5) is 4.39 Å². The van der Waals surface area contributed by atoms with Crippen LogP contribution in [0.1, 0.15) is 36.3 Å². The lowest BCUT2D eigenvalue weighted by atomic mass is 9.72. The van der Waals surface area contributed by atoms with Crippen LogP contribution in [0.15, 0.2) is 67.3 Å². The molecule has 29 heavy (non-hydrogen) atoms. The molecule has 0 radical (unpaired) electrons. The Labute approximate surface area is 170 Å². The van der Waals surface area contributed by atoms with Crippen LogP contribution in [0.25, 0.3) is 0 Å². The van der Waals surface area contributed by atoms with Gasteiger partial charge in [-0.05, 0) is 42.5 Å². The minimum absolute atomic E-state index is 0.0235. The molecule has 0 unspecified atom stereocenters. The molecule has 150 valence electrons. The van der Waals surface area contributed by atoms with Crippen molar-refractivity contribution in [3.05, 3.63) is 84.2 Å². The molecule has 2 amide bonds. The second-order valence-electron chi connectivity index (χ2n) is 7.92. The van der Waals surface area contributed by atoms with Gasteiger partial charge < -0.3 is 10.2 Å². The van der Waals surface area contributed by atoms with Crippen LogP contribution in [0.3, 0.4) is 0 Å². The fourth-order valence-electron chi connectivity index (χ4n) is 4.42. The summed E-state index contributed by atoms with van der Waals surface area (Å²) in [6.45, 7) is 4.57. The third-order valence-electron chi connectivity index (χ3n) is 6.28. The Balaban J connectivity index is 1.52. The summed E-state index contributed by atoms with van der Waals surface area (Å²) >= 11 is 0. The maximum Gasteiger partial charge on any atom is 0.245 e. The first kappa shape index (κ1) is 19.4. The van der Waals surface area contributed by atoms with Gasteiger partial charge in [0.15, 0.2) is 0 Å². The largest absolute Gasteiger partial charge is 0.352 e. The molecule has 2 aliphatic rings. The SMILES string of the molecule is C=CC(=O)N1CCC(C(=O)N[C@@H]2C[C@H]2c2ccccc2F)(c2ccccc2)CC1. The second kappa shape index (κ2) is 7.82. The fraction of sp³-hybridized carbons (Fsp3) is 0.333. The highest BCUT2D eigenvalue weighted by molar-refractivity contribution is 5.90. The standard InChI is InChI=1S/C24H25FN2O2/c1-2-22(28)27-14-12-24(13-15-27,17-8-4-3-5-9-17)23(29)26-21-16-19(21)18-10-6-7-11-20(18)25/h2-11,19,21H,1,12-16H2,(H,26,29)/t19-,21+/m0/s1. The number of carbonyl (C=O) groups is 2. The average molecular weight is 392 g/mol. The van der Waals surface area contributed by atoms with Crippen LogP contribution in [0.2, 0.25) is 0 Å². The van der Waals surface area contributed by atoms with Gasteiger partial charge in [0.1, 0.15) is 5.82 Å². The molecule has 1 saturated heterocycles. The Morgan fingerprint density at radius 3 is 2.38 bits per heavy atom. The first-order valence-corrected chi connectivity index (χ1v) is 10.1. The fourth-order valence-corrected chi connectivity index (χ4v) is 4.42. The van der Waals surface area contributed by atoms with Gasteiger partial charge in [-0.3, -0.25) is 9.59 Å². The molecule has 2 atom stereocenters. The molecule has 1 aliphatic carbocycles. The maximum atomic E-state index is 14.1. The molecule has 1 heterocycles. The number of hydrogen-bond donors (Lipinski definition) is 1. The third-order valence-corrected chi connectivity index (χ3v) is 6.28. The molecule has 0 spiro atoms. The highest BCUT2D eigenvalue weighted by Crippen LogP contribution is 2.43. The van der Waals surface area contributed by atoms with E-state index in [1.165, 1.54) is 12.1 Å². The Morgan fingerprint density at radius 1 is 1.07 bits per heavy atom. The van der Waals surface area contributed by atoms with E-state index in [0.717, 1.165) is 12.0 Å². The summed E-state index contributed by atoms with van der Waals surface area (Å²) in [5.41, 5.74) is 0.950. The topological polar surface area (TPSA) is 49.4 Å². The minimum atomic E-state index is -0.679. The lowest BCUT2D eigenvalue weighted by molar-refractivity contribution is -0.134. The van der Waals surface area contributed by atoms with Crippen molar-refractivity contribution < 1.29 is 14.0 Å². The molecule has 2 aromatic carbocycles. The van der Waals surface area contributed by atoms with E-state index in [2.05, 4.69) is 11.9 Å². The number of carbonyl (C=O) groups excluding carboxylic acids is 2. The van der Waals surface area contributed by atoms with Crippen molar-refractivity contribution >= 4 is 11.8 Å². The number of benzene rings is 2. The van der Waals surface area contributed by atoms with E-state index < -0.39 is 5.41 Å².